The molecule has 0 bridgehead atoms. The van der Waals surface area contributed by atoms with Crippen LogP contribution in [0, 0.1) is 0 Å². The molecule has 0 radical (unpaired) electrons. The van der Waals surface area contributed by atoms with E-state index in [9.17, 15) is 9.59 Å². The first-order chi connectivity index (χ1) is 10.6. The number of halogens is 1. The Morgan fingerprint density at radius 3 is 2.82 bits per heavy atom. The molecular formula is C16H18ClNO4. The lowest BCUT2D eigenvalue weighted by molar-refractivity contribution is -0.143. The smallest absolute Gasteiger partial charge is 0.331 e. The molecule has 1 aromatic rings. The monoisotopic (exact) mass is 323 g/mol. The number of rotatable bonds is 6. The molecule has 0 aromatic heterocycles. The van der Waals surface area contributed by atoms with Crippen LogP contribution in [0.4, 0.5) is 0 Å². The maximum atomic E-state index is 11.5. The molecule has 2 rings (SSSR count). The zero-order valence-corrected chi connectivity index (χ0v) is 12.8. The van der Waals surface area contributed by atoms with E-state index < -0.39 is 5.97 Å². The van der Waals surface area contributed by atoms with Gasteiger partial charge in [-0.2, -0.15) is 0 Å². The zero-order chi connectivity index (χ0) is 15.8. The average Bonchev–Trinajstić information content (AvgIpc) is 3.04. The van der Waals surface area contributed by atoms with Crippen molar-refractivity contribution in [2.24, 2.45) is 0 Å². The van der Waals surface area contributed by atoms with Crippen molar-refractivity contribution in [1.29, 1.82) is 0 Å². The average molecular weight is 324 g/mol. The highest BCUT2D eigenvalue weighted by atomic mass is 35.5. The van der Waals surface area contributed by atoms with Crippen LogP contribution in [0.15, 0.2) is 30.3 Å². The standard InChI is InChI=1S/C16H18ClNO4/c17-13-6-3-12(4-7-13)5-8-16(20)22-11-15(19)18-10-14-2-1-9-21-14/h3-8,14H,1-2,9-11H2,(H,18,19)/b8-5+/t14-/m0/s1. The molecule has 1 amide bonds. The Morgan fingerprint density at radius 2 is 2.14 bits per heavy atom. The SMILES string of the molecule is O=C(COC(=O)/C=C/c1ccc(Cl)cc1)NC[C@@H]1CCCO1. The van der Waals surface area contributed by atoms with Crippen LogP contribution in [-0.2, 0) is 19.1 Å². The van der Waals surface area contributed by atoms with Gasteiger partial charge in [-0.15, -0.1) is 0 Å². The quantitative estimate of drug-likeness (QED) is 0.644. The molecule has 0 aliphatic carbocycles. The van der Waals surface area contributed by atoms with Crippen LogP contribution in [0.2, 0.25) is 5.02 Å². The van der Waals surface area contributed by atoms with E-state index in [0.29, 0.717) is 11.6 Å². The molecule has 118 valence electrons. The van der Waals surface area contributed by atoms with Gasteiger partial charge in [-0.3, -0.25) is 4.79 Å². The van der Waals surface area contributed by atoms with Gasteiger partial charge in [-0.1, -0.05) is 23.7 Å². The summed E-state index contributed by atoms with van der Waals surface area (Å²) in [6.45, 7) is 0.901. The summed E-state index contributed by atoms with van der Waals surface area (Å²) < 4.78 is 10.2. The Bertz CT molecular complexity index is 536. The molecule has 1 saturated heterocycles. The van der Waals surface area contributed by atoms with Gasteiger partial charge in [0.15, 0.2) is 6.61 Å². The van der Waals surface area contributed by atoms with E-state index in [1.165, 1.54) is 6.08 Å². The molecule has 1 heterocycles. The van der Waals surface area contributed by atoms with Crippen molar-refractivity contribution in [2.75, 3.05) is 19.8 Å². The molecule has 1 aliphatic heterocycles. The van der Waals surface area contributed by atoms with E-state index >= 15 is 0 Å². The Labute approximate surface area is 134 Å². The Hall–Kier alpha value is -1.85. The second kappa shape index (κ2) is 8.56. The third-order valence-electron chi connectivity index (χ3n) is 3.18. The van der Waals surface area contributed by atoms with Crippen LogP contribution in [-0.4, -0.2) is 37.7 Å². The molecule has 6 heteroatoms. The minimum absolute atomic E-state index is 0.0736. The molecule has 1 aromatic carbocycles. The summed E-state index contributed by atoms with van der Waals surface area (Å²) in [4.78, 5) is 23.0. The van der Waals surface area contributed by atoms with Crippen LogP contribution in [0.1, 0.15) is 18.4 Å². The topological polar surface area (TPSA) is 64.6 Å². The van der Waals surface area contributed by atoms with Crippen molar-refractivity contribution < 1.29 is 19.1 Å². The van der Waals surface area contributed by atoms with Crippen LogP contribution in [0.5, 0.6) is 0 Å². The van der Waals surface area contributed by atoms with E-state index in [4.69, 9.17) is 21.1 Å². The van der Waals surface area contributed by atoms with Gasteiger partial charge >= 0.3 is 5.97 Å². The number of nitrogens with one attached hydrogen (secondary N) is 1. The van der Waals surface area contributed by atoms with Crippen molar-refractivity contribution >= 4 is 29.6 Å². The van der Waals surface area contributed by atoms with Gasteiger partial charge < -0.3 is 14.8 Å². The van der Waals surface area contributed by atoms with Gasteiger partial charge in [0.1, 0.15) is 0 Å². The molecule has 1 aliphatic rings. The number of carbonyl (C=O) groups excluding carboxylic acids is 2. The van der Waals surface area contributed by atoms with Crippen molar-refractivity contribution in [3.8, 4) is 0 Å². The van der Waals surface area contributed by atoms with Gasteiger partial charge in [0.25, 0.3) is 5.91 Å². The van der Waals surface area contributed by atoms with Crippen molar-refractivity contribution in [3.63, 3.8) is 0 Å². The number of esters is 1. The fourth-order valence-electron chi connectivity index (χ4n) is 2.01. The van der Waals surface area contributed by atoms with E-state index in [0.717, 1.165) is 25.0 Å². The second-order valence-electron chi connectivity index (χ2n) is 4.93. The number of hydrogen-bond donors (Lipinski definition) is 1. The van der Waals surface area contributed by atoms with Crippen LogP contribution in [0.25, 0.3) is 6.08 Å². The predicted octanol–water partition coefficient (Wildman–Crippen LogP) is 2.19. The number of benzene rings is 1. The summed E-state index contributed by atoms with van der Waals surface area (Å²) >= 11 is 5.77. The maximum Gasteiger partial charge on any atom is 0.331 e. The summed E-state index contributed by atoms with van der Waals surface area (Å²) in [6.07, 6.45) is 4.92. The Morgan fingerprint density at radius 1 is 1.36 bits per heavy atom. The molecule has 0 spiro atoms. The minimum Gasteiger partial charge on any atom is -0.452 e. The van der Waals surface area contributed by atoms with Crippen LogP contribution in [0.3, 0.4) is 0 Å². The molecule has 1 atom stereocenters. The third-order valence-corrected chi connectivity index (χ3v) is 3.43. The third kappa shape index (κ3) is 5.87. The van der Waals surface area contributed by atoms with Gasteiger partial charge in [0, 0.05) is 24.3 Å². The fourth-order valence-corrected chi connectivity index (χ4v) is 2.13. The number of carbonyl (C=O) groups is 2. The first-order valence-corrected chi connectivity index (χ1v) is 7.50. The van der Waals surface area contributed by atoms with Crippen LogP contribution < -0.4 is 5.32 Å². The summed E-state index contributed by atoms with van der Waals surface area (Å²) in [7, 11) is 0. The van der Waals surface area contributed by atoms with Gasteiger partial charge in [0.2, 0.25) is 0 Å². The second-order valence-corrected chi connectivity index (χ2v) is 5.37. The summed E-state index contributed by atoms with van der Waals surface area (Å²) in [5, 5.41) is 3.31. The van der Waals surface area contributed by atoms with Crippen molar-refractivity contribution in [1.82, 2.24) is 5.32 Å². The highest BCUT2D eigenvalue weighted by molar-refractivity contribution is 6.30. The number of ether oxygens (including phenoxy) is 2. The molecule has 1 N–H and O–H groups in total. The summed E-state index contributed by atoms with van der Waals surface area (Å²) in [6, 6.07) is 7.01. The molecule has 1 fully saturated rings. The van der Waals surface area contributed by atoms with E-state index in [1.54, 1.807) is 30.3 Å². The number of hydrogen-bond acceptors (Lipinski definition) is 4. The lowest BCUT2D eigenvalue weighted by Gasteiger charge is -2.10. The van der Waals surface area contributed by atoms with Crippen LogP contribution >= 0.6 is 11.6 Å². The van der Waals surface area contributed by atoms with E-state index in [2.05, 4.69) is 5.32 Å². The Balaban J connectivity index is 1.66. The minimum atomic E-state index is -0.567. The van der Waals surface area contributed by atoms with Crippen molar-refractivity contribution in [3.05, 3.63) is 40.9 Å². The summed E-state index contributed by atoms with van der Waals surface area (Å²) in [5.41, 5.74) is 0.823. The lowest BCUT2D eigenvalue weighted by Crippen LogP contribution is -2.34. The molecule has 5 nitrogen and oxygen atoms in total. The Kier molecular flexibility index (Phi) is 6.43. The van der Waals surface area contributed by atoms with Gasteiger partial charge in [0.05, 0.1) is 6.10 Å². The molecular weight excluding hydrogens is 306 g/mol. The molecule has 0 saturated carbocycles. The highest BCUT2D eigenvalue weighted by Gasteiger charge is 2.16. The first-order valence-electron chi connectivity index (χ1n) is 7.12. The normalized spacial score (nSPS) is 17.6. The maximum absolute atomic E-state index is 11.5. The fraction of sp³-hybridized carbons (Fsp3) is 0.375. The van der Waals surface area contributed by atoms with Crippen molar-refractivity contribution in [2.45, 2.75) is 18.9 Å². The number of amides is 1. The largest absolute Gasteiger partial charge is 0.452 e. The molecule has 22 heavy (non-hydrogen) atoms. The zero-order valence-electron chi connectivity index (χ0n) is 12.1. The highest BCUT2D eigenvalue weighted by Crippen LogP contribution is 2.11. The van der Waals surface area contributed by atoms with E-state index in [-0.39, 0.29) is 18.6 Å². The lowest BCUT2D eigenvalue weighted by atomic mass is 10.2. The van der Waals surface area contributed by atoms with Gasteiger partial charge in [-0.25, -0.2) is 4.79 Å². The summed E-state index contributed by atoms with van der Waals surface area (Å²) in [5.74, 6) is -0.897. The predicted molar refractivity (Wildman–Crippen MR) is 83.4 cm³/mol. The van der Waals surface area contributed by atoms with Gasteiger partial charge in [-0.05, 0) is 36.6 Å². The first kappa shape index (κ1) is 16.5. The molecule has 0 unspecified atom stereocenters. The van der Waals surface area contributed by atoms with E-state index in [1.807, 2.05) is 0 Å².